The molecule has 64 valence electrons. The molecule has 1 rings (SSSR count). The molecular weight excluding hydrogens is 216 g/mol. The summed E-state index contributed by atoms with van der Waals surface area (Å²) in [6, 6.07) is 5.72. The van der Waals surface area contributed by atoms with Gasteiger partial charge in [0.1, 0.15) is 0 Å². The van der Waals surface area contributed by atoms with Gasteiger partial charge in [0.15, 0.2) is 5.78 Å². The number of Topliss-reactive ketones (excluding diaryl/α,β-unsaturated/α-hetero) is 1. The second kappa shape index (κ2) is 3.85. The first-order chi connectivity index (χ1) is 5.66. The Morgan fingerprint density at radius 1 is 1.50 bits per heavy atom. The fourth-order valence-electron chi connectivity index (χ4n) is 1.25. The molecule has 0 heterocycles. The smallest absolute Gasteiger partial charge is 0.160 e. The highest BCUT2D eigenvalue weighted by Crippen LogP contribution is 2.21. The lowest BCUT2D eigenvalue weighted by Crippen LogP contribution is -1.98. The fourth-order valence-corrected chi connectivity index (χ4v) is 1.89. The monoisotopic (exact) mass is 226 g/mol. The van der Waals surface area contributed by atoms with E-state index in [-0.39, 0.29) is 5.78 Å². The van der Waals surface area contributed by atoms with Crippen molar-refractivity contribution in [2.75, 3.05) is 0 Å². The van der Waals surface area contributed by atoms with Crippen LogP contribution >= 0.6 is 15.9 Å². The van der Waals surface area contributed by atoms with Crippen LogP contribution in [0, 0.1) is 0 Å². The van der Waals surface area contributed by atoms with Gasteiger partial charge in [0, 0.05) is 10.0 Å². The van der Waals surface area contributed by atoms with Crippen LogP contribution in [0.1, 0.15) is 29.8 Å². The summed E-state index contributed by atoms with van der Waals surface area (Å²) < 4.78 is 1.03. The van der Waals surface area contributed by atoms with Gasteiger partial charge in [-0.1, -0.05) is 35.0 Å². The molecular formula is C10H11BrO. The highest BCUT2D eigenvalue weighted by Gasteiger charge is 2.07. The average molecular weight is 227 g/mol. The molecule has 2 heteroatoms. The third kappa shape index (κ3) is 1.75. The summed E-state index contributed by atoms with van der Waals surface area (Å²) in [6.45, 7) is 3.65. The van der Waals surface area contributed by atoms with Gasteiger partial charge in [-0.15, -0.1) is 0 Å². The van der Waals surface area contributed by atoms with Gasteiger partial charge in [-0.2, -0.15) is 0 Å². The van der Waals surface area contributed by atoms with Gasteiger partial charge < -0.3 is 0 Å². The van der Waals surface area contributed by atoms with Crippen LogP contribution in [0.4, 0.5) is 0 Å². The van der Waals surface area contributed by atoms with Gasteiger partial charge >= 0.3 is 0 Å². The van der Waals surface area contributed by atoms with E-state index in [9.17, 15) is 4.79 Å². The Morgan fingerprint density at radius 2 is 2.17 bits per heavy atom. The van der Waals surface area contributed by atoms with Gasteiger partial charge in [0.25, 0.3) is 0 Å². The van der Waals surface area contributed by atoms with Crippen molar-refractivity contribution in [1.29, 1.82) is 0 Å². The number of carbonyl (C=O) groups excluding carboxylic acids is 1. The number of hydrogen-bond acceptors (Lipinski definition) is 1. The second-order valence-corrected chi connectivity index (χ2v) is 3.53. The van der Waals surface area contributed by atoms with Crippen molar-refractivity contribution in [2.24, 2.45) is 0 Å². The van der Waals surface area contributed by atoms with Gasteiger partial charge in [0.05, 0.1) is 0 Å². The Hall–Kier alpha value is -0.630. The number of rotatable bonds is 2. The minimum Gasteiger partial charge on any atom is -0.295 e. The molecule has 0 atom stereocenters. The van der Waals surface area contributed by atoms with Crippen LogP contribution in [-0.2, 0) is 6.42 Å². The van der Waals surface area contributed by atoms with E-state index in [2.05, 4.69) is 15.9 Å². The first kappa shape index (κ1) is 9.46. The quantitative estimate of drug-likeness (QED) is 0.709. The Kier molecular flexibility index (Phi) is 3.04. The number of halogens is 1. The van der Waals surface area contributed by atoms with Crippen LogP contribution in [-0.4, -0.2) is 5.78 Å². The SMILES string of the molecule is CCc1c(Br)cccc1C(C)=O. The molecule has 0 saturated carbocycles. The summed E-state index contributed by atoms with van der Waals surface area (Å²) in [6.07, 6.45) is 0.885. The normalized spacial score (nSPS) is 9.92. The maximum atomic E-state index is 11.2. The number of benzene rings is 1. The van der Waals surface area contributed by atoms with Gasteiger partial charge in [-0.05, 0) is 25.0 Å². The third-order valence-corrected chi connectivity index (χ3v) is 2.59. The van der Waals surface area contributed by atoms with Crippen molar-refractivity contribution < 1.29 is 4.79 Å². The first-order valence-electron chi connectivity index (χ1n) is 3.95. The molecule has 1 aromatic rings. The third-order valence-electron chi connectivity index (χ3n) is 1.85. The predicted molar refractivity (Wildman–Crippen MR) is 53.5 cm³/mol. The molecule has 0 amide bonds. The minimum atomic E-state index is 0.133. The predicted octanol–water partition coefficient (Wildman–Crippen LogP) is 3.21. The molecule has 0 unspecified atom stereocenters. The van der Waals surface area contributed by atoms with Crippen LogP contribution in [0.15, 0.2) is 22.7 Å². The van der Waals surface area contributed by atoms with Crippen molar-refractivity contribution in [3.8, 4) is 0 Å². The van der Waals surface area contributed by atoms with E-state index in [0.717, 1.165) is 22.0 Å². The van der Waals surface area contributed by atoms with Crippen molar-refractivity contribution in [1.82, 2.24) is 0 Å². The Morgan fingerprint density at radius 3 is 2.58 bits per heavy atom. The summed E-state index contributed by atoms with van der Waals surface area (Å²) in [5, 5.41) is 0. The highest BCUT2D eigenvalue weighted by atomic mass is 79.9. The standard InChI is InChI=1S/C10H11BrO/c1-3-8-9(7(2)12)5-4-6-10(8)11/h4-6H,3H2,1-2H3. The van der Waals surface area contributed by atoms with E-state index in [0.29, 0.717) is 0 Å². The molecule has 0 saturated heterocycles. The van der Waals surface area contributed by atoms with Gasteiger partial charge in [-0.3, -0.25) is 4.79 Å². The van der Waals surface area contributed by atoms with Crippen LogP contribution in [0.25, 0.3) is 0 Å². The summed E-state index contributed by atoms with van der Waals surface area (Å²) in [7, 11) is 0. The summed E-state index contributed by atoms with van der Waals surface area (Å²) in [5.41, 5.74) is 1.93. The molecule has 0 aromatic heterocycles. The van der Waals surface area contributed by atoms with Crippen molar-refractivity contribution in [2.45, 2.75) is 20.3 Å². The topological polar surface area (TPSA) is 17.1 Å². The molecule has 1 aromatic carbocycles. The van der Waals surface area contributed by atoms with Gasteiger partial charge in [0.2, 0.25) is 0 Å². The maximum absolute atomic E-state index is 11.2. The zero-order chi connectivity index (χ0) is 9.14. The zero-order valence-corrected chi connectivity index (χ0v) is 8.81. The van der Waals surface area contributed by atoms with Crippen LogP contribution < -0.4 is 0 Å². The van der Waals surface area contributed by atoms with E-state index in [1.807, 2.05) is 25.1 Å². The van der Waals surface area contributed by atoms with Crippen LogP contribution in [0.5, 0.6) is 0 Å². The molecule has 0 bridgehead atoms. The minimum absolute atomic E-state index is 0.133. The van der Waals surface area contributed by atoms with Crippen molar-refractivity contribution in [3.05, 3.63) is 33.8 Å². The molecule has 0 fully saturated rings. The van der Waals surface area contributed by atoms with E-state index >= 15 is 0 Å². The molecule has 0 N–H and O–H groups in total. The number of hydrogen-bond donors (Lipinski definition) is 0. The molecule has 0 aliphatic heterocycles. The molecule has 0 spiro atoms. The Labute approximate surface area is 80.9 Å². The highest BCUT2D eigenvalue weighted by molar-refractivity contribution is 9.10. The molecule has 0 aliphatic carbocycles. The molecule has 0 radical (unpaired) electrons. The molecule has 1 nitrogen and oxygen atoms in total. The van der Waals surface area contributed by atoms with Gasteiger partial charge in [-0.25, -0.2) is 0 Å². The summed E-state index contributed by atoms with van der Waals surface area (Å²) in [5.74, 6) is 0.133. The van der Waals surface area contributed by atoms with Crippen LogP contribution in [0.2, 0.25) is 0 Å². The van der Waals surface area contributed by atoms with Crippen LogP contribution in [0.3, 0.4) is 0 Å². The summed E-state index contributed by atoms with van der Waals surface area (Å²) in [4.78, 5) is 11.2. The molecule has 12 heavy (non-hydrogen) atoms. The molecule has 0 aliphatic rings. The van der Waals surface area contributed by atoms with Crippen molar-refractivity contribution in [3.63, 3.8) is 0 Å². The fraction of sp³-hybridized carbons (Fsp3) is 0.300. The Bertz CT molecular complexity index is 305. The lowest BCUT2D eigenvalue weighted by atomic mass is 10.0. The van der Waals surface area contributed by atoms with Crippen molar-refractivity contribution >= 4 is 21.7 Å². The Balaban J connectivity index is 3.27. The average Bonchev–Trinajstić information content (AvgIpc) is 2.03. The maximum Gasteiger partial charge on any atom is 0.160 e. The first-order valence-corrected chi connectivity index (χ1v) is 4.74. The lowest BCUT2D eigenvalue weighted by molar-refractivity contribution is 0.101. The van der Waals surface area contributed by atoms with E-state index in [4.69, 9.17) is 0 Å². The van der Waals surface area contributed by atoms with E-state index in [1.54, 1.807) is 6.92 Å². The zero-order valence-electron chi connectivity index (χ0n) is 7.23. The largest absolute Gasteiger partial charge is 0.295 e. The number of ketones is 1. The lowest BCUT2D eigenvalue weighted by Gasteiger charge is -2.05. The second-order valence-electron chi connectivity index (χ2n) is 2.68. The van der Waals surface area contributed by atoms with E-state index in [1.165, 1.54) is 0 Å². The summed E-state index contributed by atoms with van der Waals surface area (Å²) >= 11 is 3.42. The van der Waals surface area contributed by atoms with E-state index < -0.39 is 0 Å². The number of carbonyl (C=O) groups is 1.